The lowest BCUT2D eigenvalue weighted by Crippen LogP contribution is -2.09. The van der Waals surface area contributed by atoms with E-state index in [1.807, 2.05) is 39.8 Å². The van der Waals surface area contributed by atoms with Crippen LogP contribution in [0.25, 0.3) is 22.3 Å². The molecule has 0 atom stereocenters. The maximum atomic E-state index is 13.4. The number of benzene rings is 2. The lowest BCUT2D eigenvalue weighted by molar-refractivity contribution is 0.393. The summed E-state index contributed by atoms with van der Waals surface area (Å²) in [5.41, 5.74) is 2.60. The highest BCUT2D eigenvalue weighted by Crippen LogP contribution is 2.43. The molecule has 7 heteroatoms. The molecule has 3 rings (SSSR count). The lowest BCUT2D eigenvalue weighted by Gasteiger charge is -2.16. The number of allylic oxidation sites excluding steroid dienone is 4. The van der Waals surface area contributed by atoms with Crippen LogP contribution in [-0.2, 0) is 12.8 Å². The highest BCUT2D eigenvalue weighted by molar-refractivity contribution is 5.91. The Balaban J connectivity index is 2.39. The van der Waals surface area contributed by atoms with Crippen LogP contribution in [0.1, 0.15) is 45.2 Å². The van der Waals surface area contributed by atoms with Crippen molar-refractivity contribution in [2.75, 3.05) is 7.11 Å². The number of methoxy groups -OCH3 is 1. The van der Waals surface area contributed by atoms with Gasteiger partial charge in [-0.2, -0.15) is 0 Å². The van der Waals surface area contributed by atoms with Crippen LogP contribution in [0.4, 0.5) is 0 Å². The van der Waals surface area contributed by atoms with Crippen LogP contribution < -0.4 is 10.2 Å². The van der Waals surface area contributed by atoms with E-state index in [1.165, 1.54) is 19.2 Å². The van der Waals surface area contributed by atoms with Crippen molar-refractivity contribution in [1.29, 1.82) is 0 Å². The van der Waals surface area contributed by atoms with E-state index in [1.54, 1.807) is 0 Å². The third kappa shape index (κ3) is 4.73. The molecular formula is C27H30O7. The van der Waals surface area contributed by atoms with Crippen molar-refractivity contribution in [1.82, 2.24) is 0 Å². The van der Waals surface area contributed by atoms with Gasteiger partial charge in [0.1, 0.15) is 22.5 Å². The summed E-state index contributed by atoms with van der Waals surface area (Å²) >= 11 is 0. The number of ether oxygens (including phenoxy) is 1. The predicted molar refractivity (Wildman–Crippen MR) is 132 cm³/mol. The van der Waals surface area contributed by atoms with Gasteiger partial charge in [0.2, 0.25) is 11.2 Å². The van der Waals surface area contributed by atoms with Gasteiger partial charge in [-0.1, -0.05) is 23.3 Å². The summed E-state index contributed by atoms with van der Waals surface area (Å²) in [5.74, 6) is -1.37. The van der Waals surface area contributed by atoms with Gasteiger partial charge >= 0.3 is 0 Å². The van der Waals surface area contributed by atoms with Crippen LogP contribution in [0, 0.1) is 0 Å². The Labute approximate surface area is 197 Å². The number of hydrogen-bond acceptors (Lipinski definition) is 7. The Kier molecular flexibility index (Phi) is 7.25. The number of phenolic OH excluding ortho intramolecular Hbond substituents is 4. The fourth-order valence-electron chi connectivity index (χ4n) is 3.83. The van der Waals surface area contributed by atoms with Crippen molar-refractivity contribution in [3.8, 4) is 40.1 Å². The fourth-order valence-corrected chi connectivity index (χ4v) is 3.83. The molecule has 2 aromatic carbocycles. The second-order valence-corrected chi connectivity index (χ2v) is 8.66. The van der Waals surface area contributed by atoms with E-state index >= 15 is 0 Å². The minimum atomic E-state index is -0.613. The summed E-state index contributed by atoms with van der Waals surface area (Å²) < 4.78 is 11.5. The zero-order valence-electron chi connectivity index (χ0n) is 20.0. The van der Waals surface area contributed by atoms with Gasteiger partial charge < -0.3 is 29.6 Å². The molecule has 0 bridgehead atoms. The zero-order chi connectivity index (χ0) is 25.2. The fraction of sp³-hybridized carbons (Fsp3) is 0.296. The van der Waals surface area contributed by atoms with Gasteiger partial charge in [-0.15, -0.1) is 0 Å². The van der Waals surface area contributed by atoms with Crippen LogP contribution in [0.3, 0.4) is 0 Å². The summed E-state index contributed by atoms with van der Waals surface area (Å²) in [6.45, 7) is 7.73. The summed E-state index contributed by atoms with van der Waals surface area (Å²) in [7, 11) is 1.31. The van der Waals surface area contributed by atoms with Gasteiger partial charge in [0.25, 0.3) is 0 Å². The molecule has 0 spiro atoms. The Hall–Kier alpha value is -3.87. The van der Waals surface area contributed by atoms with Gasteiger partial charge in [-0.3, -0.25) is 4.79 Å². The molecule has 0 fully saturated rings. The van der Waals surface area contributed by atoms with Gasteiger partial charge in [0.15, 0.2) is 17.3 Å². The molecular weight excluding hydrogens is 436 g/mol. The Morgan fingerprint density at radius 2 is 1.62 bits per heavy atom. The molecule has 180 valence electrons. The lowest BCUT2D eigenvalue weighted by atomic mass is 9.97. The van der Waals surface area contributed by atoms with Crippen molar-refractivity contribution in [2.45, 2.75) is 47.0 Å². The van der Waals surface area contributed by atoms with Gasteiger partial charge in [0, 0.05) is 22.8 Å². The first kappa shape index (κ1) is 24.8. The molecule has 0 unspecified atom stereocenters. The molecule has 1 heterocycles. The maximum absolute atomic E-state index is 13.4. The van der Waals surface area contributed by atoms with E-state index in [0.717, 1.165) is 17.2 Å². The van der Waals surface area contributed by atoms with E-state index in [4.69, 9.17) is 9.15 Å². The third-order valence-corrected chi connectivity index (χ3v) is 5.56. The zero-order valence-corrected chi connectivity index (χ0v) is 20.0. The monoisotopic (exact) mass is 466 g/mol. The standard InChI is InChI=1S/C27H30O7/c1-14(2)7-6-8-16-17(11-12-19(28)23(16)31)26-27(33-5)24(32)22-21(30)13-20(29)18(25(22)34-26)10-9-15(3)4/h7,9,11-13,28-31H,6,8,10H2,1-5H3. The maximum Gasteiger partial charge on any atom is 0.239 e. The summed E-state index contributed by atoms with van der Waals surface area (Å²) in [6.07, 6.45) is 5.08. The molecule has 0 radical (unpaired) electrons. The molecule has 0 saturated heterocycles. The normalized spacial score (nSPS) is 10.9. The summed E-state index contributed by atoms with van der Waals surface area (Å²) in [5, 5.41) is 41.6. The van der Waals surface area contributed by atoms with Crippen LogP contribution in [0.5, 0.6) is 28.7 Å². The van der Waals surface area contributed by atoms with Crippen molar-refractivity contribution >= 4 is 11.0 Å². The molecule has 0 aliphatic carbocycles. The molecule has 0 saturated carbocycles. The number of fused-ring (bicyclic) bond motifs is 1. The van der Waals surface area contributed by atoms with Crippen molar-refractivity contribution in [3.05, 3.63) is 62.8 Å². The van der Waals surface area contributed by atoms with Crippen molar-refractivity contribution in [3.63, 3.8) is 0 Å². The highest BCUT2D eigenvalue weighted by Gasteiger charge is 2.25. The molecule has 4 N–H and O–H groups in total. The number of phenols is 4. The second kappa shape index (κ2) is 9.95. The first-order valence-electron chi connectivity index (χ1n) is 11.0. The average Bonchev–Trinajstić information content (AvgIpc) is 2.75. The van der Waals surface area contributed by atoms with E-state index < -0.39 is 11.2 Å². The van der Waals surface area contributed by atoms with Crippen molar-refractivity contribution < 1.29 is 29.6 Å². The first-order chi connectivity index (χ1) is 16.1. The van der Waals surface area contributed by atoms with Crippen molar-refractivity contribution in [2.24, 2.45) is 0 Å². The molecule has 0 aliphatic heterocycles. The number of aromatic hydroxyl groups is 4. The molecule has 34 heavy (non-hydrogen) atoms. The topological polar surface area (TPSA) is 120 Å². The van der Waals surface area contributed by atoms with Crippen LogP contribution in [0.2, 0.25) is 0 Å². The summed E-state index contributed by atoms with van der Waals surface area (Å²) in [6, 6.07) is 3.96. The SMILES string of the molecule is COc1c(-c2ccc(O)c(O)c2CCC=C(C)C)oc2c(CC=C(C)C)c(O)cc(O)c2c1=O. The average molecular weight is 467 g/mol. The summed E-state index contributed by atoms with van der Waals surface area (Å²) in [4.78, 5) is 13.4. The third-order valence-electron chi connectivity index (χ3n) is 5.56. The van der Waals surface area contributed by atoms with Crippen LogP contribution in [0.15, 0.2) is 50.7 Å². The number of hydrogen-bond donors (Lipinski definition) is 4. The Bertz CT molecular complexity index is 1350. The van der Waals surface area contributed by atoms with Crippen LogP contribution in [-0.4, -0.2) is 27.5 Å². The molecule has 7 nitrogen and oxygen atoms in total. The second-order valence-electron chi connectivity index (χ2n) is 8.66. The highest BCUT2D eigenvalue weighted by atomic mass is 16.5. The van der Waals surface area contributed by atoms with E-state index in [2.05, 4.69) is 0 Å². The van der Waals surface area contributed by atoms with Gasteiger partial charge in [-0.05, 0) is 59.1 Å². The smallest absolute Gasteiger partial charge is 0.239 e. The van der Waals surface area contributed by atoms with Crippen LogP contribution >= 0.6 is 0 Å². The molecule has 0 aliphatic rings. The predicted octanol–water partition coefficient (Wildman–Crippen LogP) is 5.70. The molecule has 0 amide bonds. The minimum Gasteiger partial charge on any atom is -0.507 e. The van der Waals surface area contributed by atoms with E-state index in [-0.39, 0.29) is 46.1 Å². The number of rotatable bonds is 7. The molecule has 1 aromatic heterocycles. The van der Waals surface area contributed by atoms with Gasteiger partial charge in [0.05, 0.1) is 7.11 Å². The largest absolute Gasteiger partial charge is 0.507 e. The Morgan fingerprint density at radius 3 is 2.24 bits per heavy atom. The quantitative estimate of drug-likeness (QED) is 0.260. The minimum absolute atomic E-state index is 0.0265. The van der Waals surface area contributed by atoms with E-state index in [0.29, 0.717) is 29.5 Å². The van der Waals surface area contributed by atoms with Gasteiger partial charge in [-0.25, -0.2) is 0 Å². The first-order valence-corrected chi connectivity index (χ1v) is 11.0. The molecule has 3 aromatic rings. The van der Waals surface area contributed by atoms with E-state index in [9.17, 15) is 25.2 Å². The Morgan fingerprint density at radius 1 is 0.941 bits per heavy atom.